The van der Waals surface area contributed by atoms with Crippen LogP contribution in [-0.4, -0.2) is 21.7 Å². The van der Waals surface area contributed by atoms with Crippen molar-refractivity contribution >= 4 is 28.7 Å². The molecule has 0 aliphatic carbocycles. The Balaban J connectivity index is 1.98. The topological polar surface area (TPSA) is 87.4 Å². The summed E-state index contributed by atoms with van der Waals surface area (Å²) in [7, 11) is 0. The second-order valence-corrected chi connectivity index (χ2v) is 4.96. The Morgan fingerprint density at radius 1 is 1.18 bits per heavy atom. The summed E-state index contributed by atoms with van der Waals surface area (Å²) in [4.78, 5) is 10.1. The third-order valence-electron chi connectivity index (χ3n) is 3.03. The highest BCUT2D eigenvalue weighted by Crippen LogP contribution is 2.16. The molecule has 22 heavy (non-hydrogen) atoms. The zero-order valence-corrected chi connectivity index (χ0v) is 12.4. The van der Waals surface area contributed by atoms with E-state index in [4.69, 9.17) is 12.2 Å². The number of aliphatic hydroxyl groups is 1. The minimum absolute atomic E-state index is 0.0157. The summed E-state index contributed by atoms with van der Waals surface area (Å²) in [6.07, 6.45) is 0. The Bertz CT molecular complexity index is 647. The van der Waals surface area contributed by atoms with Gasteiger partial charge in [0.2, 0.25) is 0 Å². The number of non-ortho nitro benzene ring substituents is 1. The van der Waals surface area contributed by atoms with Crippen LogP contribution in [0.25, 0.3) is 0 Å². The molecule has 0 saturated carbocycles. The first-order valence-electron chi connectivity index (χ1n) is 6.58. The number of nitrogens with one attached hydrogen (secondary N) is 2. The van der Waals surface area contributed by atoms with Gasteiger partial charge in [0, 0.05) is 17.8 Å². The molecule has 0 spiro atoms. The minimum atomic E-state index is -0.461. The Labute approximate surface area is 132 Å². The van der Waals surface area contributed by atoms with E-state index in [0.717, 1.165) is 5.56 Å². The zero-order valence-electron chi connectivity index (χ0n) is 11.6. The summed E-state index contributed by atoms with van der Waals surface area (Å²) < 4.78 is 0. The Hall–Kier alpha value is -2.51. The predicted molar refractivity (Wildman–Crippen MR) is 88.7 cm³/mol. The van der Waals surface area contributed by atoms with Crippen LogP contribution in [0.2, 0.25) is 0 Å². The van der Waals surface area contributed by atoms with Crippen LogP contribution in [0.3, 0.4) is 0 Å². The summed E-state index contributed by atoms with van der Waals surface area (Å²) in [5, 5.41) is 26.3. The van der Waals surface area contributed by atoms with E-state index < -0.39 is 4.92 Å². The molecule has 2 aromatic carbocycles. The molecule has 2 aromatic rings. The lowest BCUT2D eigenvalue weighted by atomic mass is 10.1. The number of benzene rings is 2. The lowest BCUT2D eigenvalue weighted by molar-refractivity contribution is -0.384. The maximum Gasteiger partial charge on any atom is 0.269 e. The summed E-state index contributed by atoms with van der Waals surface area (Å²) in [6.45, 7) is -0.105. The first-order valence-corrected chi connectivity index (χ1v) is 6.99. The van der Waals surface area contributed by atoms with Gasteiger partial charge >= 0.3 is 0 Å². The number of nitro benzene ring substituents is 1. The molecule has 2 rings (SSSR count). The molecule has 6 nitrogen and oxygen atoms in total. The fraction of sp³-hybridized carbons (Fsp3) is 0.133. The molecule has 114 valence electrons. The van der Waals surface area contributed by atoms with Crippen LogP contribution in [-0.2, 0) is 0 Å². The number of nitro groups is 1. The third kappa shape index (κ3) is 4.24. The molecule has 3 N–H and O–H groups in total. The van der Waals surface area contributed by atoms with Gasteiger partial charge in [0.1, 0.15) is 0 Å². The molecule has 0 fully saturated rings. The molecular formula is C15H15N3O3S. The summed E-state index contributed by atoms with van der Waals surface area (Å²) in [6, 6.07) is 15.1. The SMILES string of the molecule is O=[N+]([O-])c1ccc(NC(=S)N[C@@H](CO)c2ccccc2)cc1. The molecule has 0 aromatic heterocycles. The average molecular weight is 317 g/mol. The number of anilines is 1. The molecule has 0 radical (unpaired) electrons. The predicted octanol–water partition coefficient (Wildman–Crippen LogP) is 2.61. The van der Waals surface area contributed by atoms with Gasteiger partial charge < -0.3 is 15.7 Å². The number of hydrogen-bond acceptors (Lipinski definition) is 4. The smallest absolute Gasteiger partial charge is 0.269 e. The molecule has 0 unspecified atom stereocenters. The molecule has 0 amide bonds. The van der Waals surface area contributed by atoms with E-state index in [1.807, 2.05) is 30.3 Å². The summed E-state index contributed by atoms with van der Waals surface area (Å²) in [5.41, 5.74) is 1.56. The van der Waals surface area contributed by atoms with Crippen molar-refractivity contribution in [2.24, 2.45) is 0 Å². The van der Waals surface area contributed by atoms with E-state index in [9.17, 15) is 15.2 Å². The van der Waals surface area contributed by atoms with Crippen molar-refractivity contribution < 1.29 is 10.0 Å². The first-order chi connectivity index (χ1) is 10.6. The maximum atomic E-state index is 10.6. The normalized spacial score (nSPS) is 11.5. The van der Waals surface area contributed by atoms with Crippen molar-refractivity contribution in [2.75, 3.05) is 11.9 Å². The lowest BCUT2D eigenvalue weighted by Crippen LogP contribution is -2.34. The van der Waals surface area contributed by atoms with E-state index in [1.54, 1.807) is 12.1 Å². The fourth-order valence-corrected chi connectivity index (χ4v) is 2.17. The third-order valence-corrected chi connectivity index (χ3v) is 3.25. The largest absolute Gasteiger partial charge is 0.394 e. The van der Waals surface area contributed by atoms with Gasteiger partial charge in [-0.25, -0.2) is 0 Å². The standard InChI is InChI=1S/C15H15N3O3S/c19-10-14(11-4-2-1-3-5-11)17-15(22)16-12-6-8-13(9-7-12)18(20)21/h1-9,14,19H,10H2,(H2,16,17,22)/t14-/m0/s1. The van der Waals surface area contributed by atoms with Crippen LogP contribution in [0, 0.1) is 10.1 Å². The van der Waals surface area contributed by atoms with Crippen LogP contribution in [0.4, 0.5) is 11.4 Å². The molecule has 0 aliphatic heterocycles. The minimum Gasteiger partial charge on any atom is -0.394 e. The van der Waals surface area contributed by atoms with Gasteiger partial charge in [0.15, 0.2) is 5.11 Å². The highest BCUT2D eigenvalue weighted by molar-refractivity contribution is 7.80. The number of nitrogens with zero attached hydrogens (tertiary/aromatic N) is 1. The number of rotatable bonds is 5. The van der Waals surface area contributed by atoms with E-state index in [0.29, 0.717) is 10.8 Å². The first kappa shape index (κ1) is 15.9. The van der Waals surface area contributed by atoms with Crippen LogP contribution < -0.4 is 10.6 Å². The molecule has 0 saturated heterocycles. The molecule has 1 atom stereocenters. The van der Waals surface area contributed by atoms with Crippen molar-refractivity contribution in [3.05, 3.63) is 70.3 Å². The van der Waals surface area contributed by atoms with Crippen molar-refractivity contribution in [3.63, 3.8) is 0 Å². The van der Waals surface area contributed by atoms with E-state index in [1.165, 1.54) is 12.1 Å². The number of thiocarbonyl (C=S) groups is 1. The lowest BCUT2D eigenvalue weighted by Gasteiger charge is -2.19. The molecule has 0 heterocycles. The number of aliphatic hydroxyl groups excluding tert-OH is 1. The van der Waals surface area contributed by atoms with Gasteiger partial charge in [-0.3, -0.25) is 10.1 Å². The molecule has 7 heteroatoms. The van der Waals surface area contributed by atoms with Gasteiger partial charge in [-0.15, -0.1) is 0 Å². The van der Waals surface area contributed by atoms with Crippen LogP contribution in [0.15, 0.2) is 54.6 Å². The van der Waals surface area contributed by atoms with Crippen LogP contribution >= 0.6 is 12.2 Å². The van der Waals surface area contributed by atoms with Gasteiger partial charge in [-0.1, -0.05) is 30.3 Å². The van der Waals surface area contributed by atoms with Crippen LogP contribution in [0.1, 0.15) is 11.6 Å². The second kappa shape index (κ2) is 7.48. The zero-order chi connectivity index (χ0) is 15.9. The highest BCUT2D eigenvalue weighted by Gasteiger charge is 2.11. The van der Waals surface area contributed by atoms with Gasteiger partial charge in [-0.05, 0) is 29.9 Å². The Morgan fingerprint density at radius 3 is 2.36 bits per heavy atom. The van der Waals surface area contributed by atoms with E-state index in [-0.39, 0.29) is 18.3 Å². The van der Waals surface area contributed by atoms with Crippen molar-refractivity contribution in [2.45, 2.75) is 6.04 Å². The van der Waals surface area contributed by atoms with Crippen molar-refractivity contribution in [1.29, 1.82) is 0 Å². The molecule has 0 bridgehead atoms. The Kier molecular flexibility index (Phi) is 5.40. The van der Waals surface area contributed by atoms with Gasteiger partial charge in [-0.2, -0.15) is 0 Å². The van der Waals surface area contributed by atoms with Gasteiger partial charge in [0.25, 0.3) is 5.69 Å². The summed E-state index contributed by atoms with van der Waals surface area (Å²) >= 11 is 5.20. The van der Waals surface area contributed by atoms with Gasteiger partial charge in [0.05, 0.1) is 17.6 Å². The fourth-order valence-electron chi connectivity index (χ4n) is 1.91. The van der Waals surface area contributed by atoms with Crippen molar-refractivity contribution in [1.82, 2.24) is 5.32 Å². The second-order valence-electron chi connectivity index (χ2n) is 4.55. The van der Waals surface area contributed by atoms with Crippen LogP contribution in [0.5, 0.6) is 0 Å². The van der Waals surface area contributed by atoms with Crippen molar-refractivity contribution in [3.8, 4) is 0 Å². The average Bonchev–Trinajstić information content (AvgIpc) is 2.54. The van der Waals surface area contributed by atoms with E-state index in [2.05, 4.69) is 10.6 Å². The molecule has 0 aliphatic rings. The summed E-state index contributed by atoms with van der Waals surface area (Å²) in [5.74, 6) is 0. The monoisotopic (exact) mass is 317 g/mol. The maximum absolute atomic E-state index is 10.6. The Morgan fingerprint density at radius 2 is 1.82 bits per heavy atom. The van der Waals surface area contributed by atoms with E-state index >= 15 is 0 Å². The number of hydrogen-bond donors (Lipinski definition) is 3. The molecular weight excluding hydrogens is 302 g/mol. The highest BCUT2D eigenvalue weighted by atomic mass is 32.1. The quantitative estimate of drug-likeness (QED) is 0.446.